The molecule has 2 aliphatic rings. The first-order chi connectivity index (χ1) is 11.4. The van der Waals surface area contributed by atoms with E-state index in [0.717, 1.165) is 0 Å². The van der Waals surface area contributed by atoms with Crippen LogP contribution in [0.3, 0.4) is 0 Å². The molecule has 2 aliphatic carbocycles. The molecule has 0 nitrogen and oxygen atoms in total. The Morgan fingerprint density at radius 1 is 0.640 bits per heavy atom. The quantitative estimate of drug-likeness (QED) is 0.526. The molecule has 0 radical (unpaired) electrons. The molecule has 132 valence electrons. The van der Waals surface area contributed by atoms with Crippen LogP contribution in [0.15, 0.2) is 24.3 Å². The van der Waals surface area contributed by atoms with Gasteiger partial charge < -0.3 is 0 Å². The molecule has 0 bridgehead atoms. The predicted octanol–water partition coefficient (Wildman–Crippen LogP) is 4.49. The zero-order valence-electron chi connectivity index (χ0n) is 16.5. The van der Waals surface area contributed by atoms with Crippen molar-refractivity contribution < 1.29 is 21.7 Å². The first kappa shape index (κ1) is 19.6. The van der Waals surface area contributed by atoms with Crippen molar-refractivity contribution in [3.63, 3.8) is 0 Å². The van der Waals surface area contributed by atoms with Gasteiger partial charge in [0.2, 0.25) is 0 Å². The summed E-state index contributed by atoms with van der Waals surface area (Å²) >= 11 is 0. The summed E-state index contributed by atoms with van der Waals surface area (Å²) in [7, 11) is -2.92. The standard InChI is InChI=1S/C22H32Si2.Ti/c1-23(2,21-15-13-17-9-5-7-11-19(17)21)24(3,4)22-16-14-18-10-6-8-12-20(18)22;/h13-16H,5-12H2,1-4H3;/q-2;+2. The number of rotatable bonds is 3. The Morgan fingerprint density at radius 3 is 1.40 bits per heavy atom. The van der Waals surface area contributed by atoms with E-state index in [-0.39, 0.29) is 21.7 Å². The van der Waals surface area contributed by atoms with Crippen molar-refractivity contribution in [2.45, 2.75) is 77.6 Å². The van der Waals surface area contributed by atoms with Gasteiger partial charge in [-0.05, 0) is 0 Å². The molecule has 0 N–H and O–H groups in total. The van der Waals surface area contributed by atoms with Crippen LogP contribution in [0.5, 0.6) is 0 Å². The Kier molecular flexibility index (Phi) is 5.57. The molecule has 0 fully saturated rings. The minimum absolute atomic E-state index is 0. The van der Waals surface area contributed by atoms with Crippen LogP contribution in [0.25, 0.3) is 0 Å². The summed E-state index contributed by atoms with van der Waals surface area (Å²) in [6, 6.07) is 10.0. The van der Waals surface area contributed by atoms with Gasteiger partial charge in [-0.15, -0.1) is 0 Å². The van der Waals surface area contributed by atoms with Crippen molar-refractivity contribution >= 4 is 25.6 Å². The molecule has 0 saturated carbocycles. The average molecular weight is 401 g/mol. The van der Waals surface area contributed by atoms with Gasteiger partial charge in [0, 0.05) is 15.2 Å². The Bertz CT molecular complexity index is 684. The fourth-order valence-electron chi connectivity index (χ4n) is 5.25. The van der Waals surface area contributed by atoms with Crippen molar-refractivity contribution in [1.29, 1.82) is 0 Å². The van der Waals surface area contributed by atoms with E-state index >= 15 is 0 Å². The van der Waals surface area contributed by atoms with Gasteiger partial charge >= 0.3 is 21.7 Å². The van der Waals surface area contributed by atoms with Crippen molar-refractivity contribution in [1.82, 2.24) is 0 Å². The van der Waals surface area contributed by atoms with Crippen LogP contribution in [0.2, 0.25) is 26.2 Å². The molecule has 0 aliphatic heterocycles. The summed E-state index contributed by atoms with van der Waals surface area (Å²) in [6.07, 6.45) is 11.0. The van der Waals surface area contributed by atoms with E-state index in [1.165, 1.54) is 51.4 Å². The zero-order chi connectivity index (χ0) is 16.9. The molecule has 4 rings (SSSR count). The summed E-state index contributed by atoms with van der Waals surface area (Å²) in [5.74, 6) is 0. The van der Waals surface area contributed by atoms with Crippen molar-refractivity contribution in [3.8, 4) is 0 Å². The average Bonchev–Trinajstić information content (AvgIpc) is 3.19. The van der Waals surface area contributed by atoms with Gasteiger partial charge in [0.05, 0.1) is 0 Å². The van der Waals surface area contributed by atoms with Gasteiger partial charge in [-0.3, -0.25) is 0 Å². The van der Waals surface area contributed by atoms with Crippen molar-refractivity contribution in [3.05, 3.63) is 46.5 Å². The second kappa shape index (κ2) is 7.11. The van der Waals surface area contributed by atoms with Gasteiger partial charge in [0.25, 0.3) is 0 Å². The van der Waals surface area contributed by atoms with Crippen LogP contribution >= 0.6 is 0 Å². The normalized spacial score (nSPS) is 17.6. The third kappa shape index (κ3) is 3.07. The maximum absolute atomic E-state index is 2.69. The molecule has 3 heteroatoms. The zero-order valence-corrected chi connectivity index (χ0v) is 20.0. The fraction of sp³-hybridized carbons (Fsp3) is 0.545. The smallest absolute Gasteiger partial charge is 0.210 e. The topological polar surface area (TPSA) is 0 Å². The van der Waals surface area contributed by atoms with Crippen LogP contribution in [0.4, 0.5) is 0 Å². The Hall–Kier alpha value is -0.152. The molecular formula is C22H32Si2Ti. The van der Waals surface area contributed by atoms with E-state index in [2.05, 4.69) is 50.5 Å². The second-order valence-corrected chi connectivity index (χ2v) is 24.2. The Morgan fingerprint density at radius 2 is 1.00 bits per heavy atom. The van der Waals surface area contributed by atoms with Gasteiger partial charge in [0.15, 0.2) is 0 Å². The Balaban J connectivity index is 0.00000182. The number of hydrogen-bond donors (Lipinski definition) is 0. The van der Waals surface area contributed by atoms with E-state index in [0.29, 0.717) is 0 Å². The number of hydrogen-bond acceptors (Lipinski definition) is 0. The summed E-state index contributed by atoms with van der Waals surface area (Å²) < 4.78 is 0. The number of aryl methyl sites for hydroxylation is 2. The van der Waals surface area contributed by atoms with E-state index in [4.69, 9.17) is 0 Å². The maximum Gasteiger partial charge on any atom is 2.00 e. The monoisotopic (exact) mass is 400 g/mol. The van der Waals surface area contributed by atoms with Crippen LogP contribution in [-0.4, -0.2) is 15.2 Å². The van der Waals surface area contributed by atoms with E-state index < -0.39 is 15.2 Å². The third-order valence-corrected chi connectivity index (χ3v) is 25.2. The minimum atomic E-state index is -1.46. The SMILES string of the molecule is C[Si](C)([c-]1ccc2c1CCCC2)[Si](C)(C)[c-]1ccc2c1CCCC2.[Ti+2]. The molecule has 0 heterocycles. The van der Waals surface area contributed by atoms with E-state index in [9.17, 15) is 0 Å². The molecular weight excluding hydrogens is 368 g/mol. The molecule has 0 saturated heterocycles. The van der Waals surface area contributed by atoms with Gasteiger partial charge in [-0.2, -0.15) is 44.8 Å². The molecule has 0 spiro atoms. The number of fused-ring (bicyclic) bond motifs is 2. The van der Waals surface area contributed by atoms with Crippen molar-refractivity contribution in [2.24, 2.45) is 0 Å². The van der Waals surface area contributed by atoms with Gasteiger partial charge in [0.1, 0.15) is 0 Å². The summed E-state index contributed by atoms with van der Waals surface area (Å²) in [6.45, 7) is 10.7. The van der Waals surface area contributed by atoms with E-state index in [1.54, 1.807) is 22.3 Å². The molecule has 0 aromatic heterocycles. The molecule has 0 unspecified atom stereocenters. The molecule has 25 heavy (non-hydrogen) atoms. The third-order valence-electron chi connectivity index (χ3n) is 7.48. The summed E-state index contributed by atoms with van der Waals surface area (Å²) in [5, 5.41) is 3.64. The van der Waals surface area contributed by atoms with Gasteiger partial charge in [-0.25, -0.2) is 12.1 Å². The summed E-state index contributed by atoms with van der Waals surface area (Å²) in [4.78, 5) is 0. The predicted molar refractivity (Wildman–Crippen MR) is 112 cm³/mol. The largest absolute Gasteiger partial charge is 2.00 e. The fourth-order valence-corrected chi connectivity index (χ4v) is 15.1. The molecule has 2 aromatic rings. The van der Waals surface area contributed by atoms with Crippen LogP contribution in [-0.2, 0) is 47.4 Å². The van der Waals surface area contributed by atoms with Crippen molar-refractivity contribution in [2.75, 3.05) is 0 Å². The Labute approximate surface area is 170 Å². The van der Waals surface area contributed by atoms with E-state index in [1.807, 2.05) is 10.4 Å². The maximum atomic E-state index is 2.69. The van der Waals surface area contributed by atoms with Crippen LogP contribution in [0.1, 0.15) is 47.9 Å². The first-order valence-corrected chi connectivity index (χ1v) is 17.0. The minimum Gasteiger partial charge on any atom is -0.210 e. The first-order valence-electron chi connectivity index (χ1n) is 9.99. The second-order valence-electron chi connectivity index (χ2n) is 9.17. The molecule has 0 amide bonds. The van der Waals surface area contributed by atoms with Crippen LogP contribution in [0, 0.1) is 0 Å². The van der Waals surface area contributed by atoms with Gasteiger partial charge in [-0.1, -0.05) is 77.6 Å². The van der Waals surface area contributed by atoms with Crippen LogP contribution < -0.4 is 10.4 Å². The summed E-state index contributed by atoms with van der Waals surface area (Å²) in [5.41, 5.74) is 6.93. The molecule has 2 aromatic carbocycles. The molecule has 0 atom stereocenters.